The predicted octanol–water partition coefficient (Wildman–Crippen LogP) is 6.13. The molecular weight excluding hydrogens is 264 g/mol. The normalized spacial score (nSPS) is 13.5. The van der Waals surface area contributed by atoms with Crippen LogP contribution >= 0.6 is 0 Å². The second-order valence-corrected chi connectivity index (χ2v) is 6.22. The van der Waals surface area contributed by atoms with Gasteiger partial charge >= 0.3 is 0 Å². The van der Waals surface area contributed by atoms with E-state index in [9.17, 15) is 0 Å². The highest BCUT2D eigenvalue weighted by atomic mass is 14.3. The molecule has 0 heterocycles. The molecule has 0 saturated carbocycles. The highest BCUT2D eigenvalue weighted by molar-refractivity contribution is 6.10. The van der Waals surface area contributed by atoms with E-state index in [-0.39, 0.29) is 0 Å². The Morgan fingerprint density at radius 3 is 1.50 bits per heavy atom. The van der Waals surface area contributed by atoms with Crippen LogP contribution in [0.15, 0.2) is 72.8 Å². The monoisotopic (exact) mass is 280 g/mol. The van der Waals surface area contributed by atoms with Crippen molar-refractivity contribution in [3.8, 4) is 11.1 Å². The zero-order valence-corrected chi connectivity index (χ0v) is 12.5. The average Bonchev–Trinajstić information content (AvgIpc) is 2.88. The van der Waals surface area contributed by atoms with Crippen molar-refractivity contribution >= 4 is 21.5 Å². The summed E-state index contributed by atoms with van der Waals surface area (Å²) in [6, 6.07) is 26.6. The summed E-state index contributed by atoms with van der Waals surface area (Å²) in [5, 5.41) is 5.41. The fraction of sp³-hybridized carbons (Fsp3) is 0.0909. The lowest BCUT2D eigenvalue weighted by Gasteiger charge is -2.09. The van der Waals surface area contributed by atoms with E-state index in [1.54, 1.807) is 0 Å². The predicted molar refractivity (Wildman–Crippen MR) is 94.4 cm³/mol. The number of fused-ring (bicyclic) bond motifs is 7. The van der Waals surface area contributed by atoms with Gasteiger partial charge in [-0.25, -0.2) is 0 Å². The van der Waals surface area contributed by atoms with Crippen LogP contribution in [-0.4, -0.2) is 0 Å². The van der Waals surface area contributed by atoms with Crippen molar-refractivity contribution < 1.29 is 0 Å². The second kappa shape index (κ2) is 4.20. The zero-order chi connectivity index (χ0) is 14.7. The van der Waals surface area contributed by atoms with Gasteiger partial charge in [0.25, 0.3) is 0 Å². The van der Waals surface area contributed by atoms with Crippen molar-refractivity contribution in [3.05, 3.63) is 83.9 Å². The lowest BCUT2D eigenvalue weighted by Crippen LogP contribution is -1.89. The Hall–Kier alpha value is -2.60. The molecule has 0 aromatic heterocycles. The zero-order valence-electron chi connectivity index (χ0n) is 12.5. The van der Waals surface area contributed by atoms with Gasteiger partial charge in [-0.05, 0) is 43.8 Å². The third-order valence-corrected chi connectivity index (χ3v) is 5.11. The van der Waals surface area contributed by atoms with Gasteiger partial charge in [0, 0.05) is 5.92 Å². The Labute approximate surface area is 130 Å². The molecule has 22 heavy (non-hydrogen) atoms. The number of hydrogen-bond donors (Lipinski definition) is 0. The third kappa shape index (κ3) is 1.42. The maximum absolute atomic E-state index is 2.33. The fourth-order valence-electron chi connectivity index (χ4n) is 4.02. The molecule has 0 heteroatoms. The largest absolute Gasteiger partial charge is 0.0616 e. The Balaban J connectivity index is 2.03. The van der Waals surface area contributed by atoms with E-state index in [1.807, 2.05) is 0 Å². The molecule has 5 rings (SSSR count). The van der Waals surface area contributed by atoms with Gasteiger partial charge in [-0.3, -0.25) is 0 Å². The summed E-state index contributed by atoms with van der Waals surface area (Å²) < 4.78 is 0. The smallest absolute Gasteiger partial charge is 0.00737 e. The summed E-state index contributed by atoms with van der Waals surface area (Å²) in [5.74, 6) is 0.471. The molecule has 0 nitrogen and oxygen atoms in total. The van der Waals surface area contributed by atoms with E-state index in [2.05, 4.69) is 79.7 Å². The molecule has 0 N–H and O–H groups in total. The first kappa shape index (κ1) is 12.0. The minimum Gasteiger partial charge on any atom is -0.0616 e. The fourth-order valence-corrected chi connectivity index (χ4v) is 4.02. The molecule has 0 radical (unpaired) electrons. The molecule has 1 aliphatic rings. The van der Waals surface area contributed by atoms with Crippen LogP contribution in [0.25, 0.3) is 32.7 Å². The van der Waals surface area contributed by atoms with Crippen molar-refractivity contribution in [2.75, 3.05) is 0 Å². The first-order chi connectivity index (χ1) is 10.8. The lowest BCUT2D eigenvalue weighted by atomic mass is 9.94. The Kier molecular flexibility index (Phi) is 2.29. The van der Waals surface area contributed by atoms with Gasteiger partial charge in [-0.15, -0.1) is 0 Å². The molecule has 0 bridgehead atoms. The van der Waals surface area contributed by atoms with Crippen LogP contribution in [0, 0.1) is 0 Å². The standard InChI is InChI=1S/C22H16/c1-14-17-12-10-15-6-2-4-8-19(15)21(17)22-18(14)13-11-16-7-3-5-9-20(16)22/h2-14H,1H3. The second-order valence-electron chi connectivity index (χ2n) is 6.22. The SMILES string of the molecule is CC1c2ccc3ccccc3c2-c2c1ccc1ccccc21. The lowest BCUT2D eigenvalue weighted by molar-refractivity contribution is 0.959. The van der Waals surface area contributed by atoms with Gasteiger partial charge in [0.1, 0.15) is 0 Å². The molecule has 0 spiro atoms. The van der Waals surface area contributed by atoms with Crippen molar-refractivity contribution in [2.24, 2.45) is 0 Å². The van der Waals surface area contributed by atoms with E-state index in [1.165, 1.54) is 43.8 Å². The summed E-state index contributed by atoms with van der Waals surface area (Å²) >= 11 is 0. The molecule has 0 aliphatic heterocycles. The quantitative estimate of drug-likeness (QED) is 0.364. The van der Waals surface area contributed by atoms with E-state index in [0.29, 0.717) is 5.92 Å². The van der Waals surface area contributed by atoms with Crippen molar-refractivity contribution in [2.45, 2.75) is 12.8 Å². The molecule has 0 atom stereocenters. The average molecular weight is 280 g/mol. The van der Waals surface area contributed by atoms with Crippen LogP contribution in [0.4, 0.5) is 0 Å². The van der Waals surface area contributed by atoms with Crippen LogP contribution in [0.2, 0.25) is 0 Å². The van der Waals surface area contributed by atoms with Crippen LogP contribution in [0.5, 0.6) is 0 Å². The van der Waals surface area contributed by atoms with Crippen molar-refractivity contribution in [3.63, 3.8) is 0 Å². The van der Waals surface area contributed by atoms with Gasteiger partial charge in [0.2, 0.25) is 0 Å². The topological polar surface area (TPSA) is 0 Å². The van der Waals surface area contributed by atoms with Crippen molar-refractivity contribution in [1.29, 1.82) is 0 Å². The number of rotatable bonds is 0. The summed E-state index contributed by atoms with van der Waals surface area (Å²) in [5.41, 5.74) is 5.81. The van der Waals surface area contributed by atoms with E-state index in [0.717, 1.165) is 0 Å². The molecular formula is C22H16. The maximum atomic E-state index is 2.33. The van der Waals surface area contributed by atoms with E-state index in [4.69, 9.17) is 0 Å². The number of benzene rings is 4. The highest BCUT2D eigenvalue weighted by Crippen LogP contribution is 2.50. The van der Waals surface area contributed by atoms with Crippen LogP contribution in [0.3, 0.4) is 0 Å². The number of hydrogen-bond acceptors (Lipinski definition) is 0. The molecule has 0 unspecified atom stereocenters. The summed E-state index contributed by atoms with van der Waals surface area (Å²) in [6.45, 7) is 2.33. The Bertz CT molecular complexity index is 955. The third-order valence-electron chi connectivity index (χ3n) is 5.11. The van der Waals surface area contributed by atoms with Gasteiger partial charge in [-0.2, -0.15) is 0 Å². The van der Waals surface area contributed by atoms with Crippen LogP contribution in [0.1, 0.15) is 24.0 Å². The summed E-state index contributed by atoms with van der Waals surface area (Å²) in [6.07, 6.45) is 0. The molecule has 104 valence electrons. The minimum atomic E-state index is 0.471. The van der Waals surface area contributed by atoms with E-state index < -0.39 is 0 Å². The summed E-state index contributed by atoms with van der Waals surface area (Å²) in [4.78, 5) is 0. The molecule has 4 aromatic rings. The first-order valence-electron chi connectivity index (χ1n) is 7.88. The van der Waals surface area contributed by atoms with Gasteiger partial charge in [0.05, 0.1) is 0 Å². The van der Waals surface area contributed by atoms with Crippen molar-refractivity contribution in [1.82, 2.24) is 0 Å². The molecule has 4 aromatic carbocycles. The van der Waals surface area contributed by atoms with Gasteiger partial charge in [0.15, 0.2) is 0 Å². The highest BCUT2D eigenvalue weighted by Gasteiger charge is 2.28. The summed E-state index contributed by atoms with van der Waals surface area (Å²) in [7, 11) is 0. The van der Waals surface area contributed by atoms with Gasteiger partial charge < -0.3 is 0 Å². The molecule has 0 saturated heterocycles. The van der Waals surface area contributed by atoms with Crippen LogP contribution < -0.4 is 0 Å². The Morgan fingerprint density at radius 1 is 0.545 bits per heavy atom. The van der Waals surface area contributed by atoms with Gasteiger partial charge in [-0.1, -0.05) is 79.7 Å². The maximum Gasteiger partial charge on any atom is 0.00737 e. The first-order valence-corrected chi connectivity index (χ1v) is 7.88. The van der Waals surface area contributed by atoms with E-state index >= 15 is 0 Å². The molecule has 0 fully saturated rings. The Morgan fingerprint density at radius 2 is 1.00 bits per heavy atom. The molecule has 0 amide bonds. The van der Waals surface area contributed by atoms with Crippen LogP contribution in [-0.2, 0) is 0 Å². The minimum absolute atomic E-state index is 0.471. The molecule has 1 aliphatic carbocycles.